The minimum absolute atomic E-state index is 0.125. The quantitative estimate of drug-likeness (QED) is 0.772. The summed E-state index contributed by atoms with van der Waals surface area (Å²) in [5.74, 6) is -0.125. The molecule has 0 fully saturated rings. The van der Waals surface area contributed by atoms with Gasteiger partial charge in [-0.3, -0.25) is 0 Å². The molecule has 0 aliphatic rings. The van der Waals surface area contributed by atoms with E-state index in [1.807, 2.05) is 43.5 Å². The highest BCUT2D eigenvalue weighted by molar-refractivity contribution is 5.42. The Kier molecular flexibility index (Phi) is 3.04. The molecule has 2 aromatic rings. The van der Waals surface area contributed by atoms with Crippen LogP contribution in [0, 0.1) is 0 Å². The van der Waals surface area contributed by atoms with Crippen molar-refractivity contribution in [2.75, 3.05) is 0 Å². The lowest BCUT2D eigenvalue weighted by atomic mass is 9.95. The summed E-state index contributed by atoms with van der Waals surface area (Å²) in [7, 11) is 0. The van der Waals surface area contributed by atoms with E-state index >= 15 is 0 Å². The van der Waals surface area contributed by atoms with Crippen molar-refractivity contribution in [1.82, 2.24) is 9.78 Å². The highest BCUT2D eigenvalue weighted by atomic mass is 19.1. The van der Waals surface area contributed by atoms with Crippen molar-refractivity contribution >= 4 is 0 Å². The van der Waals surface area contributed by atoms with Crippen LogP contribution < -0.4 is 0 Å². The van der Waals surface area contributed by atoms with Gasteiger partial charge in [-0.25, -0.2) is 9.07 Å². The molecule has 2 rings (SSSR count). The standard InChI is InChI=1S/C13H15FN2/c1-10(11(2)14)12-6-3-4-7-13(12)16-9-5-8-15-16/h3-11H,1-2H3/t10-,11-/m1/s1. The molecular weight excluding hydrogens is 203 g/mol. The first-order valence-electron chi connectivity index (χ1n) is 5.43. The zero-order chi connectivity index (χ0) is 11.5. The van der Waals surface area contributed by atoms with Gasteiger partial charge in [-0.1, -0.05) is 25.1 Å². The van der Waals surface area contributed by atoms with Crippen molar-refractivity contribution in [2.45, 2.75) is 25.9 Å². The summed E-state index contributed by atoms with van der Waals surface area (Å²) in [5, 5.41) is 4.18. The number of nitrogens with zero attached hydrogens (tertiary/aromatic N) is 2. The third-order valence-electron chi connectivity index (χ3n) is 2.87. The number of benzene rings is 1. The molecule has 1 aromatic carbocycles. The molecule has 0 bridgehead atoms. The Morgan fingerprint density at radius 1 is 1.19 bits per heavy atom. The molecule has 0 aliphatic heterocycles. The molecule has 1 heterocycles. The van der Waals surface area contributed by atoms with Gasteiger partial charge in [-0.15, -0.1) is 0 Å². The van der Waals surface area contributed by atoms with Crippen LogP contribution in [-0.2, 0) is 0 Å². The molecule has 16 heavy (non-hydrogen) atoms. The van der Waals surface area contributed by atoms with E-state index in [2.05, 4.69) is 5.10 Å². The molecule has 1 aromatic heterocycles. The second-order valence-corrected chi connectivity index (χ2v) is 3.98. The van der Waals surface area contributed by atoms with Gasteiger partial charge in [-0.05, 0) is 24.6 Å². The second kappa shape index (κ2) is 4.47. The average molecular weight is 218 g/mol. The van der Waals surface area contributed by atoms with E-state index in [1.165, 1.54) is 0 Å². The van der Waals surface area contributed by atoms with Crippen LogP contribution in [-0.4, -0.2) is 16.0 Å². The van der Waals surface area contributed by atoms with Gasteiger partial charge in [0.05, 0.1) is 5.69 Å². The summed E-state index contributed by atoms with van der Waals surface area (Å²) < 4.78 is 15.1. The maximum Gasteiger partial charge on any atom is 0.104 e. The van der Waals surface area contributed by atoms with Crippen LogP contribution in [0.1, 0.15) is 25.3 Å². The van der Waals surface area contributed by atoms with Crippen LogP contribution in [0.4, 0.5) is 4.39 Å². The number of aromatic nitrogens is 2. The molecule has 84 valence electrons. The molecule has 0 radical (unpaired) electrons. The Morgan fingerprint density at radius 2 is 1.94 bits per heavy atom. The summed E-state index contributed by atoms with van der Waals surface area (Å²) in [5.41, 5.74) is 1.94. The van der Waals surface area contributed by atoms with Crippen molar-refractivity contribution in [1.29, 1.82) is 0 Å². The van der Waals surface area contributed by atoms with Crippen LogP contribution >= 0.6 is 0 Å². The predicted molar refractivity (Wildman–Crippen MR) is 62.5 cm³/mol. The maximum atomic E-state index is 13.4. The summed E-state index contributed by atoms with van der Waals surface area (Å²) in [4.78, 5) is 0. The number of halogens is 1. The third-order valence-corrected chi connectivity index (χ3v) is 2.87. The molecule has 2 nitrogen and oxygen atoms in total. The number of hydrogen-bond acceptors (Lipinski definition) is 1. The number of para-hydroxylation sites is 1. The van der Waals surface area contributed by atoms with Crippen molar-refractivity contribution in [3.8, 4) is 5.69 Å². The van der Waals surface area contributed by atoms with Gasteiger partial charge >= 0.3 is 0 Å². The van der Waals surface area contributed by atoms with Gasteiger partial charge in [-0.2, -0.15) is 5.10 Å². The van der Waals surface area contributed by atoms with Crippen LogP contribution in [0.25, 0.3) is 5.69 Å². The highest BCUT2D eigenvalue weighted by Crippen LogP contribution is 2.26. The molecular formula is C13H15FN2. The van der Waals surface area contributed by atoms with E-state index in [4.69, 9.17) is 0 Å². The van der Waals surface area contributed by atoms with Crippen molar-refractivity contribution in [3.63, 3.8) is 0 Å². The van der Waals surface area contributed by atoms with Crippen LogP contribution in [0.3, 0.4) is 0 Å². The fourth-order valence-electron chi connectivity index (χ4n) is 1.74. The minimum Gasteiger partial charge on any atom is -0.247 e. The lowest BCUT2D eigenvalue weighted by molar-refractivity contribution is 0.317. The first-order valence-corrected chi connectivity index (χ1v) is 5.43. The average Bonchev–Trinajstić information content (AvgIpc) is 2.81. The van der Waals surface area contributed by atoms with E-state index < -0.39 is 6.17 Å². The van der Waals surface area contributed by atoms with Gasteiger partial charge in [0, 0.05) is 18.3 Å². The number of alkyl halides is 1. The van der Waals surface area contributed by atoms with E-state index in [0.717, 1.165) is 11.3 Å². The summed E-state index contributed by atoms with van der Waals surface area (Å²) >= 11 is 0. The predicted octanol–water partition coefficient (Wildman–Crippen LogP) is 3.33. The van der Waals surface area contributed by atoms with Crippen LogP contribution in [0.5, 0.6) is 0 Å². The molecule has 0 amide bonds. The molecule has 2 atom stereocenters. The van der Waals surface area contributed by atoms with Gasteiger partial charge in [0.1, 0.15) is 6.17 Å². The Morgan fingerprint density at radius 3 is 2.56 bits per heavy atom. The Labute approximate surface area is 94.7 Å². The van der Waals surface area contributed by atoms with E-state index in [-0.39, 0.29) is 5.92 Å². The Hall–Kier alpha value is -1.64. The molecule has 0 saturated heterocycles. The summed E-state index contributed by atoms with van der Waals surface area (Å²) in [6.45, 7) is 3.48. The zero-order valence-corrected chi connectivity index (χ0v) is 9.47. The van der Waals surface area contributed by atoms with Crippen molar-refractivity contribution < 1.29 is 4.39 Å². The molecule has 0 N–H and O–H groups in total. The summed E-state index contributed by atoms with van der Waals surface area (Å²) in [6.07, 6.45) is 2.73. The van der Waals surface area contributed by atoms with Crippen LogP contribution in [0.15, 0.2) is 42.7 Å². The largest absolute Gasteiger partial charge is 0.247 e. The fraction of sp³-hybridized carbons (Fsp3) is 0.308. The molecule has 0 saturated carbocycles. The Balaban J connectivity index is 2.46. The van der Waals surface area contributed by atoms with E-state index in [9.17, 15) is 4.39 Å². The van der Waals surface area contributed by atoms with Gasteiger partial charge in [0.15, 0.2) is 0 Å². The molecule has 0 unspecified atom stereocenters. The van der Waals surface area contributed by atoms with Crippen molar-refractivity contribution in [3.05, 3.63) is 48.3 Å². The van der Waals surface area contributed by atoms with Gasteiger partial charge in [0.2, 0.25) is 0 Å². The first-order chi connectivity index (χ1) is 7.70. The first kappa shape index (κ1) is 10.9. The van der Waals surface area contributed by atoms with Crippen LogP contribution in [0.2, 0.25) is 0 Å². The highest BCUT2D eigenvalue weighted by Gasteiger charge is 2.17. The summed E-state index contributed by atoms with van der Waals surface area (Å²) in [6, 6.07) is 9.65. The normalized spacial score (nSPS) is 14.7. The third kappa shape index (κ3) is 1.98. The lowest BCUT2D eigenvalue weighted by Crippen LogP contribution is -2.10. The Bertz CT molecular complexity index is 449. The van der Waals surface area contributed by atoms with E-state index in [1.54, 1.807) is 17.8 Å². The molecule has 0 spiro atoms. The minimum atomic E-state index is -0.864. The molecule has 3 heteroatoms. The van der Waals surface area contributed by atoms with Crippen molar-refractivity contribution in [2.24, 2.45) is 0 Å². The monoisotopic (exact) mass is 218 g/mol. The smallest absolute Gasteiger partial charge is 0.104 e. The zero-order valence-electron chi connectivity index (χ0n) is 9.47. The maximum absolute atomic E-state index is 13.4. The fourth-order valence-corrected chi connectivity index (χ4v) is 1.74. The number of hydrogen-bond donors (Lipinski definition) is 0. The number of rotatable bonds is 3. The second-order valence-electron chi connectivity index (χ2n) is 3.98. The van der Waals surface area contributed by atoms with E-state index in [0.29, 0.717) is 0 Å². The lowest BCUT2D eigenvalue weighted by Gasteiger charge is -2.17. The SMILES string of the molecule is C[C@@H](F)[C@@H](C)c1ccccc1-n1cccn1. The van der Waals surface area contributed by atoms with Gasteiger partial charge in [0.25, 0.3) is 0 Å². The topological polar surface area (TPSA) is 17.8 Å². The molecule has 0 aliphatic carbocycles. The van der Waals surface area contributed by atoms with Gasteiger partial charge < -0.3 is 0 Å².